The molecule has 2 aliphatic carbocycles. The van der Waals surface area contributed by atoms with Crippen molar-refractivity contribution in [2.75, 3.05) is 0 Å². The van der Waals surface area contributed by atoms with E-state index in [2.05, 4.69) is 41.1 Å². The minimum absolute atomic E-state index is 0.729. The van der Waals surface area contributed by atoms with Gasteiger partial charge in [-0.25, -0.2) is 0 Å². The van der Waals surface area contributed by atoms with Gasteiger partial charge in [0.2, 0.25) is 0 Å². The fraction of sp³-hybridized carbons (Fsp3) is 0.474. The molecule has 1 aromatic heterocycles. The summed E-state index contributed by atoms with van der Waals surface area (Å²) in [5.41, 5.74) is 6.11. The van der Waals surface area contributed by atoms with Crippen LogP contribution in [0, 0.1) is 0 Å². The number of hydrogen-bond acceptors (Lipinski definition) is 0. The molecule has 1 heteroatoms. The summed E-state index contributed by atoms with van der Waals surface area (Å²) in [5, 5.41) is 0. The lowest BCUT2D eigenvalue weighted by molar-refractivity contribution is 0.448. The van der Waals surface area contributed by atoms with Gasteiger partial charge in [-0.3, -0.25) is 0 Å². The van der Waals surface area contributed by atoms with Crippen LogP contribution >= 0.6 is 0 Å². The highest BCUT2D eigenvalue weighted by molar-refractivity contribution is 5.70. The molecule has 1 saturated carbocycles. The molecule has 0 amide bonds. The molecule has 1 heterocycles. The van der Waals surface area contributed by atoms with Crippen molar-refractivity contribution >= 4 is 0 Å². The summed E-state index contributed by atoms with van der Waals surface area (Å²) in [4.78, 5) is 0. The Hall–Kier alpha value is -1.50. The second-order valence-corrected chi connectivity index (χ2v) is 6.40. The van der Waals surface area contributed by atoms with E-state index in [-0.39, 0.29) is 0 Å². The van der Waals surface area contributed by atoms with E-state index in [0.29, 0.717) is 0 Å². The number of benzene rings is 1. The van der Waals surface area contributed by atoms with Crippen LogP contribution in [0.1, 0.15) is 55.7 Å². The van der Waals surface area contributed by atoms with E-state index in [1.807, 2.05) is 0 Å². The Morgan fingerprint density at radius 1 is 0.800 bits per heavy atom. The second-order valence-electron chi connectivity index (χ2n) is 6.40. The summed E-state index contributed by atoms with van der Waals surface area (Å²) in [6.07, 6.45) is 13.2. The minimum atomic E-state index is 0.729. The van der Waals surface area contributed by atoms with Crippen LogP contribution in [0.3, 0.4) is 0 Å². The number of nitrogens with zero attached hydrogens (tertiary/aromatic N) is 1. The Balaban J connectivity index is 1.79. The van der Waals surface area contributed by atoms with Gasteiger partial charge in [-0.15, -0.1) is 0 Å². The third-order valence-corrected chi connectivity index (χ3v) is 5.15. The van der Waals surface area contributed by atoms with Gasteiger partial charge in [0.1, 0.15) is 0 Å². The zero-order chi connectivity index (χ0) is 13.4. The van der Waals surface area contributed by atoms with Crippen LogP contribution in [0.4, 0.5) is 0 Å². The Morgan fingerprint density at radius 3 is 2.40 bits per heavy atom. The number of rotatable bonds is 1. The van der Waals surface area contributed by atoms with Crippen LogP contribution in [0.5, 0.6) is 0 Å². The molecule has 0 spiro atoms. The van der Waals surface area contributed by atoms with Crippen molar-refractivity contribution in [2.24, 2.45) is 0 Å². The van der Waals surface area contributed by atoms with Crippen molar-refractivity contribution in [1.29, 1.82) is 0 Å². The first-order chi connectivity index (χ1) is 9.93. The second kappa shape index (κ2) is 5.12. The third-order valence-electron chi connectivity index (χ3n) is 5.15. The highest BCUT2D eigenvalue weighted by atomic mass is 15.0. The van der Waals surface area contributed by atoms with Crippen molar-refractivity contribution in [3.63, 3.8) is 0 Å². The van der Waals surface area contributed by atoms with Crippen LogP contribution in [-0.4, -0.2) is 4.57 Å². The lowest BCUT2D eigenvalue weighted by Crippen LogP contribution is -2.12. The minimum Gasteiger partial charge on any atom is -0.344 e. The predicted octanol–water partition coefficient (Wildman–Crippen LogP) is 5.15. The van der Waals surface area contributed by atoms with Gasteiger partial charge >= 0.3 is 0 Å². The molecular weight excluding hydrogens is 242 g/mol. The van der Waals surface area contributed by atoms with E-state index < -0.39 is 0 Å². The zero-order valence-electron chi connectivity index (χ0n) is 12.1. The molecule has 0 radical (unpaired) electrons. The molecule has 1 nitrogen and oxygen atoms in total. The van der Waals surface area contributed by atoms with Crippen molar-refractivity contribution in [2.45, 2.75) is 57.4 Å². The van der Waals surface area contributed by atoms with E-state index in [1.54, 1.807) is 5.56 Å². The van der Waals surface area contributed by atoms with Crippen molar-refractivity contribution < 1.29 is 0 Å². The highest BCUT2D eigenvalue weighted by Crippen LogP contribution is 2.38. The van der Waals surface area contributed by atoms with Crippen LogP contribution < -0.4 is 0 Å². The summed E-state index contributed by atoms with van der Waals surface area (Å²) < 4.78 is 2.61. The first-order valence-corrected chi connectivity index (χ1v) is 8.21. The molecule has 0 unspecified atom stereocenters. The van der Waals surface area contributed by atoms with Crippen LogP contribution in [0.25, 0.3) is 11.3 Å². The predicted molar refractivity (Wildman–Crippen MR) is 84.0 cm³/mol. The lowest BCUT2D eigenvalue weighted by atomic mass is 9.90. The fourth-order valence-electron chi connectivity index (χ4n) is 4.08. The van der Waals surface area contributed by atoms with Crippen LogP contribution in [-0.2, 0) is 12.8 Å². The quantitative estimate of drug-likeness (QED) is 0.628. The Bertz CT molecular complexity index is 600. The van der Waals surface area contributed by atoms with Crippen LogP contribution in [0.2, 0.25) is 0 Å². The standard InChI is InChI=1S/C19H23N/c1-2-4-9-17(8-3-1)20-14-13-16-12-11-15-7-5-6-10-18(15)19(16)20/h5-7,10,13-14,17H,1-4,8-9,11-12H2. The van der Waals surface area contributed by atoms with Gasteiger partial charge in [-0.05, 0) is 42.9 Å². The molecule has 4 rings (SSSR count). The van der Waals surface area contributed by atoms with E-state index in [4.69, 9.17) is 0 Å². The number of aryl methyl sites for hydroxylation is 2. The fourth-order valence-corrected chi connectivity index (χ4v) is 4.08. The Morgan fingerprint density at radius 2 is 1.55 bits per heavy atom. The number of hydrogen-bond donors (Lipinski definition) is 0. The van der Waals surface area contributed by atoms with Crippen molar-refractivity contribution in [3.05, 3.63) is 47.7 Å². The van der Waals surface area contributed by atoms with E-state index in [0.717, 1.165) is 6.04 Å². The van der Waals surface area contributed by atoms with E-state index in [9.17, 15) is 0 Å². The molecule has 104 valence electrons. The Labute approximate surface area is 121 Å². The molecule has 0 N–H and O–H groups in total. The molecule has 2 aromatic rings. The first-order valence-electron chi connectivity index (χ1n) is 8.21. The van der Waals surface area contributed by atoms with Gasteiger partial charge in [0.25, 0.3) is 0 Å². The normalized spacial score (nSPS) is 19.2. The summed E-state index contributed by atoms with van der Waals surface area (Å²) in [6.45, 7) is 0. The molecule has 0 atom stereocenters. The molecular formula is C19H23N. The number of fused-ring (bicyclic) bond motifs is 3. The maximum Gasteiger partial charge on any atom is 0.0518 e. The lowest BCUT2D eigenvalue weighted by Gasteiger charge is -2.24. The smallest absolute Gasteiger partial charge is 0.0518 e. The maximum atomic E-state index is 2.61. The average Bonchev–Trinajstić information content (AvgIpc) is 2.75. The molecule has 0 bridgehead atoms. The van der Waals surface area contributed by atoms with Crippen LogP contribution in [0.15, 0.2) is 36.5 Å². The topological polar surface area (TPSA) is 4.93 Å². The summed E-state index contributed by atoms with van der Waals surface area (Å²) in [6, 6.07) is 12.1. The Kier molecular flexibility index (Phi) is 3.14. The molecule has 0 saturated heterocycles. The summed E-state index contributed by atoms with van der Waals surface area (Å²) in [7, 11) is 0. The molecule has 1 fully saturated rings. The van der Waals surface area contributed by atoms with Gasteiger partial charge in [0, 0.05) is 17.8 Å². The van der Waals surface area contributed by atoms with Crippen molar-refractivity contribution in [1.82, 2.24) is 4.57 Å². The van der Waals surface area contributed by atoms with Gasteiger partial charge in [0.15, 0.2) is 0 Å². The summed E-state index contributed by atoms with van der Waals surface area (Å²) >= 11 is 0. The van der Waals surface area contributed by atoms with Gasteiger partial charge in [-0.2, -0.15) is 0 Å². The maximum absolute atomic E-state index is 2.61. The number of aromatic nitrogens is 1. The van der Waals surface area contributed by atoms with Gasteiger partial charge in [0.05, 0.1) is 5.69 Å². The van der Waals surface area contributed by atoms with Gasteiger partial charge in [-0.1, -0.05) is 49.9 Å². The summed E-state index contributed by atoms with van der Waals surface area (Å²) in [5.74, 6) is 0. The SMILES string of the molecule is c1ccc2c(c1)CCc1ccn(C3CCCCCC3)c1-2. The van der Waals surface area contributed by atoms with E-state index in [1.165, 1.54) is 68.2 Å². The monoisotopic (exact) mass is 265 g/mol. The largest absolute Gasteiger partial charge is 0.344 e. The zero-order valence-corrected chi connectivity index (χ0v) is 12.1. The molecule has 20 heavy (non-hydrogen) atoms. The average molecular weight is 265 g/mol. The van der Waals surface area contributed by atoms with E-state index >= 15 is 0 Å². The highest BCUT2D eigenvalue weighted by Gasteiger charge is 2.23. The third kappa shape index (κ3) is 2.00. The molecule has 2 aliphatic rings. The molecule has 1 aromatic carbocycles. The van der Waals surface area contributed by atoms with Crippen molar-refractivity contribution in [3.8, 4) is 11.3 Å². The first kappa shape index (κ1) is 12.3. The molecule has 0 aliphatic heterocycles. The van der Waals surface area contributed by atoms with Gasteiger partial charge < -0.3 is 4.57 Å².